The monoisotopic (exact) mass is 330 g/mol. The van der Waals surface area contributed by atoms with Crippen LogP contribution in [0.1, 0.15) is 55.7 Å². The van der Waals surface area contributed by atoms with E-state index >= 15 is 0 Å². The molecule has 0 amide bonds. The van der Waals surface area contributed by atoms with E-state index in [1.54, 1.807) is 0 Å². The van der Waals surface area contributed by atoms with Crippen LogP contribution in [0.2, 0.25) is 0 Å². The Morgan fingerprint density at radius 2 is 2.00 bits per heavy atom. The molecule has 1 fully saturated rings. The summed E-state index contributed by atoms with van der Waals surface area (Å²) in [5.41, 5.74) is 4.01. The predicted molar refractivity (Wildman–Crippen MR) is 103 cm³/mol. The fourth-order valence-electron chi connectivity index (χ4n) is 5.66. The van der Waals surface area contributed by atoms with Crippen LogP contribution in [0, 0.1) is 11.8 Å². The first-order chi connectivity index (χ1) is 12.2. The number of fused-ring (bicyclic) bond motifs is 6. The minimum Gasteiger partial charge on any atom is -0.299 e. The van der Waals surface area contributed by atoms with Crippen molar-refractivity contribution in [3.63, 3.8) is 0 Å². The first-order valence-corrected chi connectivity index (χ1v) is 9.98. The molecular weight excluding hydrogens is 304 g/mol. The zero-order valence-corrected chi connectivity index (χ0v) is 15.1. The average Bonchev–Trinajstić information content (AvgIpc) is 3.24. The number of benzene rings is 2. The van der Waals surface area contributed by atoms with E-state index in [-0.39, 0.29) is 5.41 Å². The van der Waals surface area contributed by atoms with Crippen molar-refractivity contribution in [1.29, 1.82) is 0 Å². The molecule has 0 aliphatic heterocycles. The second kappa shape index (κ2) is 5.56. The lowest BCUT2D eigenvalue weighted by Gasteiger charge is -2.39. The maximum Gasteiger partial charge on any atom is 0.144 e. The molecule has 0 radical (unpaired) electrons. The van der Waals surface area contributed by atoms with Gasteiger partial charge in [0.2, 0.25) is 0 Å². The van der Waals surface area contributed by atoms with E-state index in [4.69, 9.17) is 0 Å². The number of allylic oxidation sites excluding steroid dienone is 2. The number of hydrogen-bond acceptors (Lipinski definition) is 1. The highest BCUT2D eigenvalue weighted by Crippen LogP contribution is 2.57. The third-order valence-electron chi connectivity index (χ3n) is 6.93. The van der Waals surface area contributed by atoms with Crippen LogP contribution < -0.4 is 0 Å². The third kappa shape index (κ3) is 2.18. The first kappa shape index (κ1) is 15.4. The van der Waals surface area contributed by atoms with E-state index in [0.717, 1.165) is 25.7 Å². The highest BCUT2D eigenvalue weighted by molar-refractivity contribution is 5.96. The fraction of sp³-hybridized carbons (Fsp3) is 0.458. The van der Waals surface area contributed by atoms with E-state index in [2.05, 4.69) is 49.4 Å². The first-order valence-electron chi connectivity index (χ1n) is 9.98. The lowest BCUT2D eigenvalue weighted by molar-refractivity contribution is -0.126. The molecule has 0 aromatic heterocycles. The van der Waals surface area contributed by atoms with Crippen molar-refractivity contribution in [2.75, 3.05) is 0 Å². The number of unbranched alkanes of at least 4 members (excludes halogenated alkanes) is 1. The Bertz CT molecular complexity index is 890. The molecule has 0 N–H and O–H groups in total. The van der Waals surface area contributed by atoms with Gasteiger partial charge in [0.05, 0.1) is 5.41 Å². The summed E-state index contributed by atoms with van der Waals surface area (Å²) in [6.45, 7) is 2.25. The van der Waals surface area contributed by atoms with Crippen molar-refractivity contribution in [1.82, 2.24) is 0 Å². The van der Waals surface area contributed by atoms with Crippen molar-refractivity contribution in [3.8, 4) is 0 Å². The van der Waals surface area contributed by atoms with E-state index < -0.39 is 0 Å². The van der Waals surface area contributed by atoms with Crippen LogP contribution >= 0.6 is 0 Å². The largest absolute Gasteiger partial charge is 0.299 e. The number of carbonyl (C=O) groups excluding carboxylic acids is 1. The average molecular weight is 330 g/mol. The second-order valence-corrected chi connectivity index (χ2v) is 8.38. The number of carbonyl (C=O) groups is 1. The van der Waals surface area contributed by atoms with Gasteiger partial charge >= 0.3 is 0 Å². The molecular formula is C24H26O. The number of hydrogen-bond donors (Lipinski definition) is 0. The molecule has 3 aliphatic carbocycles. The van der Waals surface area contributed by atoms with Crippen LogP contribution in [0.25, 0.3) is 10.8 Å². The fourth-order valence-corrected chi connectivity index (χ4v) is 5.66. The molecule has 3 atom stereocenters. The van der Waals surface area contributed by atoms with Gasteiger partial charge in [-0.25, -0.2) is 0 Å². The van der Waals surface area contributed by atoms with E-state index in [1.807, 2.05) is 0 Å². The molecule has 2 bridgehead atoms. The van der Waals surface area contributed by atoms with Gasteiger partial charge in [-0.15, -0.1) is 0 Å². The van der Waals surface area contributed by atoms with Crippen molar-refractivity contribution < 1.29 is 4.79 Å². The normalized spacial score (nSPS) is 29.7. The van der Waals surface area contributed by atoms with Gasteiger partial charge in [0.1, 0.15) is 5.78 Å². The SMILES string of the molecule is CCCCc1ccc2cc3c(cc2c1)C1(CC2C=CC1C2)C(=O)CC3. The number of rotatable bonds is 3. The number of aryl methyl sites for hydroxylation is 2. The summed E-state index contributed by atoms with van der Waals surface area (Å²) in [5.74, 6) is 1.55. The van der Waals surface area contributed by atoms with Gasteiger partial charge in [-0.3, -0.25) is 4.79 Å². The van der Waals surface area contributed by atoms with Crippen LogP contribution in [0.4, 0.5) is 0 Å². The number of ketones is 1. The third-order valence-corrected chi connectivity index (χ3v) is 6.93. The molecule has 0 heterocycles. The molecule has 2 aromatic carbocycles. The lowest BCUT2D eigenvalue weighted by atomic mass is 9.62. The molecule has 3 aliphatic rings. The van der Waals surface area contributed by atoms with Crippen molar-refractivity contribution >= 4 is 16.6 Å². The zero-order chi connectivity index (χ0) is 17.0. The van der Waals surface area contributed by atoms with Crippen molar-refractivity contribution in [2.45, 2.75) is 57.3 Å². The van der Waals surface area contributed by atoms with Crippen LogP contribution in [-0.4, -0.2) is 5.78 Å². The van der Waals surface area contributed by atoms with Crippen LogP contribution in [0.5, 0.6) is 0 Å². The molecule has 1 saturated carbocycles. The van der Waals surface area contributed by atoms with Crippen LogP contribution in [0.15, 0.2) is 42.5 Å². The summed E-state index contributed by atoms with van der Waals surface area (Å²) in [6, 6.07) is 11.7. The molecule has 128 valence electrons. The molecule has 5 rings (SSSR count). The Hall–Kier alpha value is -1.89. The summed E-state index contributed by atoms with van der Waals surface area (Å²) in [4.78, 5) is 13.1. The summed E-state index contributed by atoms with van der Waals surface area (Å²) in [6.07, 6.45) is 12.2. The van der Waals surface area contributed by atoms with Crippen LogP contribution in [-0.2, 0) is 23.1 Å². The van der Waals surface area contributed by atoms with E-state index in [0.29, 0.717) is 17.6 Å². The maximum absolute atomic E-state index is 13.1. The Kier molecular flexibility index (Phi) is 3.42. The van der Waals surface area contributed by atoms with Gasteiger partial charge < -0.3 is 0 Å². The Morgan fingerprint density at radius 3 is 2.76 bits per heavy atom. The molecule has 25 heavy (non-hydrogen) atoms. The van der Waals surface area contributed by atoms with Gasteiger partial charge in [0.25, 0.3) is 0 Å². The summed E-state index contributed by atoms with van der Waals surface area (Å²) < 4.78 is 0. The van der Waals surface area contributed by atoms with Gasteiger partial charge in [0, 0.05) is 6.42 Å². The summed E-state index contributed by atoms with van der Waals surface area (Å²) in [7, 11) is 0. The minimum atomic E-state index is -0.208. The highest BCUT2D eigenvalue weighted by atomic mass is 16.1. The van der Waals surface area contributed by atoms with Gasteiger partial charge in [-0.05, 0) is 77.5 Å². The minimum absolute atomic E-state index is 0.208. The number of Topliss-reactive ketones (excluding diaryl/α,β-unsaturated/α-hetero) is 1. The van der Waals surface area contributed by atoms with Crippen molar-refractivity contribution in [3.05, 3.63) is 59.2 Å². The molecule has 3 unspecified atom stereocenters. The molecule has 1 spiro atoms. The molecule has 1 nitrogen and oxygen atoms in total. The lowest BCUT2D eigenvalue weighted by Crippen LogP contribution is -2.43. The zero-order valence-electron chi connectivity index (χ0n) is 15.1. The van der Waals surface area contributed by atoms with E-state index in [1.165, 1.54) is 46.7 Å². The van der Waals surface area contributed by atoms with Gasteiger partial charge in [-0.2, -0.15) is 0 Å². The summed E-state index contributed by atoms with van der Waals surface area (Å²) in [5, 5.41) is 2.66. The Balaban J connectivity index is 1.66. The maximum atomic E-state index is 13.1. The summed E-state index contributed by atoms with van der Waals surface area (Å²) >= 11 is 0. The van der Waals surface area contributed by atoms with Crippen LogP contribution in [0.3, 0.4) is 0 Å². The Morgan fingerprint density at radius 1 is 1.08 bits per heavy atom. The molecule has 1 heteroatoms. The smallest absolute Gasteiger partial charge is 0.144 e. The second-order valence-electron chi connectivity index (χ2n) is 8.38. The predicted octanol–water partition coefficient (Wildman–Crippen LogP) is 5.53. The molecule has 0 saturated heterocycles. The van der Waals surface area contributed by atoms with Crippen molar-refractivity contribution in [2.24, 2.45) is 11.8 Å². The van der Waals surface area contributed by atoms with Gasteiger partial charge in [0.15, 0.2) is 0 Å². The Labute approximate surface area is 150 Å². The van der Waals surface area contributed by atoms with E-state index in [9.17, 15) is 4.79 Å². The molecule has 2 aromatic rings. The topological polar surface area (TPSA) is 17.1 Å². The quantitative estimate of drug-likeness (QED) is 0.676. The highest BCUT2D eigenvalue weighted by Gasteiger charge is 2.55. The standard InChI is InChI=1S/C24H26O/c1-2-3-4-16-5-7-18-13-19-8-10-23(25)24(22(19)14-20(18)11-16)15-17-6-9-21(24)12-17/h5-7,9,11,13-14,17,21H,2-4,8,10,12,15H2,1H3. The van der Waals surface area contributed by atoms with Gasteiger partial charge in [-0.1, -0.05) is 49.8 Å².